The van der Waals surface area contributed by atoms with E-state index in [1.807, 2.05) is 0 Å². The first kappa shape index (κ1) is 10.2. The van der Waals surface area contributed by atoms with Gasteiger partial charge >= 0.3 is 0 Å². The van der Waals surface area contributed by atoms with Gasteiger partial charge in [0.05, 0.1) is 30.6 Å². The van der Waals surface area contributed by atoms with Crippen molar-refractivity contribution in [3.05, 3.63) is 46.9 Å². The topological polar surface area (TPSA) is 65.5 Å². The SMILES string of the molecule is COc1cc([N+](=O)[O-])ccc1-c1ccoc1. The Morgan fingerprint density at radius 2 is 2.19 bits per heavy atom. The molecular formula is C11H9NO4. The van der Waals surface area contributed by atoms with E-state index in [9.17, 15) is 10.1 Å². The number of benzene rings is 1. The molecule has 0 saturated heterocycles. The lowest BCUT2D eigenvalue weighted by atomic mass is 10.1. The van der Waals surface area contributed by atoms with E-state index in [0.717, 1.165) is 11.1 Å². The maximum atomic E-state index is 10.6. The van der Waals surface area contributed by atoms with Crippen molar-refractivity contribution in [2.45, 2.75) is 0 Å². The van der Waals surface area contributed by atoms with E-state index in [2.05, 4.69) is 0 Å². The quantitative estimate of drug-likeness (QED) is 0.588. The molecule has 0 spiro atoms. The van der Waals surface area contributed by atoms with Crippen LogP contribution in [-0.2, 0) is 0 Å². The van der Waals surface area contributed by atoms with Crippen molar-refractivity contribution in [3.8, 4) is 16.9 Å². The Bertz CT molecular complexity index is 505. The highest BCUT2D eigenvalue weighted by atomic mass is 16.6. The summed E-state index contributed by atoms with van der Waals surface area (Å²) in [5.41, 5.74) is 1.60. The van der Waals surface area contributed by atoms with Crippen LogP contribution in [0.3, 0.4) is 0 Å². The summed E-state index contributed by atoms with van der Waals surface area (Å²) in [7, 11) is 1.47. The lowest BCUT2D eigenvalue weighted by Gasteiger charge is -2.05. The zero-order valence-electron chi connectivity index (χ0n) is 8.54. The molecule has 2 aromatic rings. The second-order valence-corrected chi connectivity index (χ2v) is 3.15. The predicted octanol–water partition coefficient (Wildman–Crippen LogP) is 2.86. The fourth-order valence-electron chi connectivity index (χ4n) is 1.45. The first-order valence-corrected chi connectivity index (χ1v) is 4.57. The first-order valence-electron chi connectivity index (χ1n) is 4.57. The molecule has 0 amide bonds. The van der Waals surface area contributed by atoms with Crippen LogP contribution in [0.1, 0.15) is 0 Å². The van der Waals surface area contributed by atoms with Gasteiger partial charge < -0.3 is 9.15 Å². The minimum absolute atomic E-state index is 0.00379. The molecular weight excluding hydrogens is 210 g/mol. The molecule has 0 unspecified atom stereocenters. The van der Waals surface area contributed by atoms with Crippen molar-refractivity contribution in [1.82, 2.24) is 0 Å². The molecule has 5 nitrogen and oxygen atoms in total. The van der Waals surface area contributed by atoms with Gasteiger partial charge in [-0.15, -0.1) is 0 Å². The van der Waals surface area contributed by atoms with Crippen LogP contribution in [-0.4, -0.2) is 12.0 Å². The van der Waals surface area contributed by atoms with Crippen LogP contribution < -0.4 is 4.74 Å². The summed E-state index contributed by atoms with van der Waals surface area (Å²) < 4.78 is 10.1. The summed E-state index contributed by atoms with van der Waals surface area (Å²) in [6.45, 7) is 0. The van der Waals surface area contributed by atoms with Gasteiger partial charge in [-0.05, 0) is 12.1 Å². The molecule has 1 heterocycles. The Labute approximate surface area is 91.4 Å². The molecule has 0 aliphatic rings. The van der Waals surface area contributed by atoms with Gasteiger partial charge in [0.15, 0.2) is 0 Å². The fourth-order valence-corrected chi connectivity index (χ4v) is 1.45. The monoisotopic (exact) mass is 219 g/mol. The van der Waals surface area contributed by atoms with Crippen molar-refractivity contribution in [2.24, 2.45) is 0 Å². The molecule has 5 heteroatoms. The van der Waals surface area contributed by atoms with E-state index in [1.165, 1.54) is 25.5 Å². The minimum atomic E-state index is -0.457. The Hall–Kier alpha value is -2.30. The van der Waals surface area contributed by atoms with Gasteiger partial charge in [-0.3, -0.25) is 10.1 Å². The van der Waals surface area contributed by atoms with Gasteiger partial charge in [-0.25, -0.2) is 0 Å². The van der Waals surface area contributed by atoms with Gasteiger partial charge in [0.25, 0.3) is 5.69 Å². The minimum Gasteiger partial charge on any atom is -0.496 e. The second kappa shape index (κ2) is 4.06. The van der Waals surface area contributed by atoms with Crippen LogP contribution in [0.2, 0.25) is 0 Å². The molecule has 1 aromatic heterocycles. The molecule has 0 aliphatic carbocycles. The molecule has 0 fully saturated rings. The number of nitro benzene ring substituents is 1. The van der Waals surface area contributed by atoms with E-state index in [1.54, 1.807) is 18.4 Å². The van der Waals surface area contributed by atoms with Gasteiger partial charge in [0, 0.05) is 17.2 Å². The van der Waals surface area contributed by atoms with Gasteiger partial charge in [0.2, 0.25) is 0 Å². The number of rotatable bonds is 3. The van der Waals surface area contributed by atoms with Crippen molar-refractivity contribution in [3.63, 3.8) is 0 Å². The van der Waals surface area contributed by atoms with Crippen LogP contribution in [0.25, 0.3) is 11.1 Å². The summed E-state index contributed by atoms with van der Waals surface area (Å²) >= 11 is 0. The number of ether oxygens (including phenoxy) is 1. The first-order chi connectivity index (χ1) is 7.72. The summed E-state index contributed by atoms with van der Waals surface area (Å²) in [4.78, 5) is 10.1. The summed E-state index contributed by atoms with van der Waals surface area (Å²) in [5, 5.41) is 10.6. The molecule has 0 atom stereocenters. The lowest BCUT2D eigenvalue weighted by Crippen LogP contribution is -1.91. The third-order valence-corrected chi connectivity index (χ3v) is 2.23. The van der Waals surface area contributed by atoms with Crippen molar-refractivity contribution in [2.75, 3.05) is 7.11 Å². The number of non-ortho nitro benzene ring substituents is 1. The average molecular weight is 219 g/mol. The molecule has 16 heavy (non-hydrogen) atoms. The number of hydrogen-bond acceptors (Lipinski definition) is 4. The van der Waals surface area contributed by atoms with E-state index in [0.29, 0.717) is 5.75 Å². The number of methoxy groups -OCH3 is 1. The van der Waals surface area contributed by atoms with Crippen LogP contribution in [0.5, 0.6) is 5.75 Å². The molecule has 0 bridgehead atoms. The third-order valence-electron chi connectivity index (χ3n) is 2.23. The Morgan fingerprint density at radius 3 is 2.75 bits per heavy atom. The van der Waals surface area contributed by atoms with Crippen LogP contribution >= 0.6 is 0 Å². The van der Waals surface area contributed by atoms with Crippen LogP contribution in [0.15, 0.2) is 41.2 Å². The van der Waals surface area contributed by atoms with Gasteiger partial charge in [-0.1, -0.05) is 0 Å². The average Bonchev–Trinajstić information content (AvgIpc) is 2.81. The summed E-state index contributed by atoms with van der Waals surface area (Å²) in [5.74, 6) is 0.454. The molecule has 0 saturated carbocycles. The summed E-state index contributed by atoms with van der Waals surface area (Å²) in [6, 6.07) is 6.23. The number of nitro groups is 1. The maximum absolute atomic E-state index is 10.6. The highest BCUT2D eigenvalue weighted by Crippen LogP contribution is 2.33. The second-order valence-electron chi connectivity index (χ2n) is 3.15. The largest absolute Gasteiger partial charge is 0.496 e. The molecule has 82 valence electrons. The van der Waals surface area contributed by atoms with Gasteiger partial charge in [-0.2, -0.15) is 0 Å². The normalized spacial score (nSPS) is 10.1. The van der Waals surface area contributed by atoms with E-state index in [4.69, 9.17) is 9.15 Å². The van der Waals surface area contributed by atoms with E-state index < -0.39 is 4.92 Å². The van der Waals surface area contributed by atoms with Gasteiger partial charge in [0.1, 0.15) is 5.75 Å². The highest BCUT2D eigenvalue weighted by molar-refractivity contribution is 5.71. The molecule has 0 N–H and O–H groups in total. The number of hydrogen-bond donors (Lipinski definition) is 0. The van der Waals surface area contributed by atoms with Crippen molar-refractivity contribution >= 4 is 5.69 Å². The maximum Gasteiger partial charge on any atom is 0.273 e. The van der Waals surface area contributed by atoms with Crippen LogP contribution in [0.4, 0.5) is 5.69 Å². The zero-order valence-corrected chi connectivity index (χ0v) is 8.54. The van der Waals surface area contributed by atoms with E-state index >= 15 is 0 Å². The summed E-state index contributed by atoms with van der Waals surface area (Å²) in [6.07, 6.45) is 3.10. The number of nitrogens with zero attached hydrogens (tertiary/aromatic N) is 1. The van der Waals surface area contributed by atoms with Crippen LogP contribution in [0, 0.1) is 10.1 Å². The fraction of sp³-hybridized carbons (Fsp3) is 0.0909. The Balaban J connectivity index is 2.51. The Kier molecular flexibility index (Phi) is 2.59. The molecule has 0 radical (unpaired) electrons. The lowest BCUT2D eigenvalue weighted by molar-refractivity contribution is -0.384. The number of furan rings is 1. The molecule has 2 rings (SSSR count). The molecule has 1 aromatic carbocycles. The van der Waals surface area contributed by atoms with E-state index in [-0.39, 0.29) is 5.69 Å². The molecule has 0 aliphatic heterocycles. The highest BCUT2D eigenvalue weighted by Gasteiger charge is 2.12. The van der Waals surface area contributed by atoms with Crippen molar-refractivity contribution in [1.29, 1.82) is 0 Å². The zero-order chi connectivity index (χ0) is 11.5. The smallest absolute Gasteiger partial charge is 0.273 e. The van der Waals surface area contributed by atoms with Crippen molar-refractivity contribution < 1.29 is 14.1 Å². The third kappa shape index (κ3) is 1.75. The Morgan fingerprint density at radius 1 is 1.38 bits per heavy atom. The standard InChI is InChI=1S/C11H9NO4/c1-15-11-6-9(12(13)14)2-3-10(11)8-4-5-16-7-8/h2-7H,1H3. The predicted molar refractivity (Wildman–Crippen MR) is 57.4 cm³/mol.